The molecule has 0 radical (unpaired) electrons. The summed E-state index contributed by atoms with van der Waals surface area (Å²) in [6.07, 6.45) is 0. The van der Waals surface area contributed by atoms with Crippen LogP contribution in [0.25, 0.3) is 0 Å². The number of fused-ring (bicyclic) bond motifs is 1. The Bertz CT molecular complexity index is 798. The number of carbonyl (C=O) groups is 3. The van der Waals surface area contributed by atoms with Gasteiger partial charge in [-0.1, -0.05) is 12.1 Å². The molecule has 0 fully saturated rings. The molecular weight excluding hydrogens is 284 g/mol. The van der Waals surface area contributed by atoms with Gasteiger partial charge in [-0.15, -0.1) is 0 Å². The van der Waals surface area contributed by atoms with Gasteiger partial charge in [0.15, 0.2) is 0 Å². The van der Waals surface area contributed by atoms with Crippen molar-refractivity contribution in [3.63, 3.8) is 0 Å². The molecule has 0 spiro atoms. The lowest BCUT2D eigenvalue weighted by Crippen LogP contribution is -2.20. The number of imide groups is 1. The smallest absolute Gasteiger partial charge is 0.337 e. The summed E-state index contributed by atoms with van der Waals surface area (Å²) in [6, 6.07) is 11.7. The molecule has 0 aromatic heterocycles. The summed E-state index contributed by atoms with van der Waals surface area (Å²) in [4.78, 5) is 35.0. The van der Waals surface area contributed by atoms with Gasteiger partial charge < -0.3 is 10.1 Å². The van der Waals surface area contributed by atoms with Crippen LogP contribution in [0.2, 0.25) is 0 Å². The van der Waals surface area contributed by atoms with Gasteiger partial charge in [-0.2, -0.15) is 0 Å². The van der Waals surface area contributed by atoms with Gasteiger partial charge in [-0.05, 0) is 30.3 Å². The largest absolute Gasteiger partial charge is 0.465 e. The van der Waals surface area contributed by atoms with Crippen molar-refractivity contribution in [3.05, 3.63) is 59.2 Å². The molecule has 1 aliphatic heterocycles. The number of hydrogen-bond acceptors (Lipinski definition) is 5. The number of rotatable bonds is 3. The standard InChI is InChI=1S/C16H12N2O4/c1-22-16(21)9-4-2-5-10(8-9)17-12-7-3-6-11-13(12)15(20)18-14(11)19/h2-8,17H,1H3,(H,18,19,20). The Balaban J connectivity index is 1.97. The van der Waals surface area contributed by atoms with E-state index in [1.807, 2.05) is 0 Å². The number of benzene rings is 2. The van der Waals surface area contributed by atoms with Crippen molar-refractivity contribution in [2.75, 3.05) is 12.4 Å². The van der Waals surface area contributed by atoms with E-state index in [9.17, 15) is 14.4 Å². The van der Waals surface area contributed by atoms with E-state index >= 15 is 0 Å². The molecule has 2 aromatic carbocycles. The maximum atomic E-state index is 11.9. The normalized spacial score (nSPS) is 12.6. The van der Waals surface area contributed by atoms with E-state index in [1.165, 1.54) is 7.11 Å². The highest BCUT2D eigenvalue weighted by atomic mass is 16.5. The molecule has 0 aliphatic carbocycles. The molecule has 1 aliphatic rings. The van der Waals surface area contributed by atoms with Gasteiger partial charge >= 0.3 is 5.97 Å². The number of nitrogens with one attached hydrogen (secondary N) is 2. The van der Waals surface area contributed by atoms with Crippen LogP contribution in [0.5, 0.6) is 0 Å². The molecule has 22 heavy (non-hydrogen) atoms. The Hall–Kier alpha value is -3.15. The average molecular weight is 296 g/mol. The molecule has 2 aromatic rings. The van der Waals surface area contributed by atoms with E-state index in [2.05, 4.69) is 15.4 Å². The van der Waals surface area contributed by atoms with E-state index in [0.29, 0.717) is 28.1 Å². The Morgan fingerprint density at radius 2 is 1.86 bits per heavy atom. The number of ether oxygens (including phenoxy) is 1. The molecule has 3 rings (SSSR count). The molecule has 0 saturated heterocycles. The molecule has 0 unspecified atom stereocenters. The first-order chi connectivity index (χ1) is 10.6. The Kier molecular flexibility index (Phi) is 3.34. The lowest BCUT2D eigenvalue weighted by atomic mass is 10.1. The van der Waals surface area contributed by atoms with Crippen LogP contribution in [0.4, 0.5) is 11.4 Å². The van der Waals surface area contributed by atoms with Crippen LogP contribution in [0.1, 0.15) is 31.1 Å². The highest BCUT2D eigenvalue weighted by Crippen LogP contribution is 2.27. The van der Waals surface area contributed by atoms with Crippen LogP contribution in [-0.2, 0) is 4.74 Å². The lowest BCUT2D eigenvalue weighted by Gasteiger charge is -2.10. The SMILES string of the molecule is COC(=O)c1cccc(Nc2cccc3c2C(=O)NC3=O)c1. The number of amides is 2. The van der Waals surface area contributed by atoms with Crippen molar-refractivity contribution >= 4 is 29.2 Å². The van der Waals surface area contributed by atoms with Gasteiger partial charge in [0.05, 0.1) is 29.5 Å². The van der Waals surface area contributed by atoms with Crippen molar-refractivity contribution in [1.82, 2.24) is 5.32 Å². The zero-order valence-corrected chi connectivity index (χ0v) is 11.7. The highest BCUT2D eigenvalue weighted by molar-refractivity contribution is 6.24. The topological polar surface area (TPSA) is 84.5 Å². The fourth-order valence-corrected chi connectivity index (χ4v) is 2.32. The van der Waals surface area contributed by atoms with Crippen LogP contribution >= 0.6 is 0 Å². The third-order valence-electron chi connectivity index (χ3n) is 3.33. The van der Waals surface area contributed by atoms with Crippen molar-refractivity contribution in [3.8, 4) is 0 Å². The lowest BCUT2D eigenvalue weighted by molar-refractivity contribution is 0.0600. The van der Waals surface area contributed by atoms with E-state index in [0.717, 1.165) is 0 Å². The van der Waals surface area contributed by atoms with Crippen molar-refractivity contribution in [2.24, 2.45) is 0 Å². The van der Waals surface area contributed by atoms with Crippen LogP contribution in [0.15, 0.2) is 42.5 Å². The second-order valence-electron chi connectivity index (χ2n) is 4.71. The summed E-state index contributed by atoms with van der Waals surface area (Å²) in [5, 5.41) is 5.31. The van der Waals surface area contributed by atoms with Crippen LogP contribution < -0.4 is 10.6 Å². The zero-order chi connectivity index (χ0) is 15.7. The van der Waals surface area contributed by atoms with Crippen LogP contribution in [0, 0.1) is 0 Å². The monoisotopic (exact) mass is 296 g/mol. The quantitative estimate of drug-likeness (QED) is 0.669. The van der Waals surface area contributed by atoms with E-state index in [1.54, 1.807) is 42.5 Å². The van der Waals surface area contributed by atoms with Gasteiger partial charge in [0.1, 0.15) is 0 Å². The predicted molar refractivity (Wildman–Crippen MR) is 79.3 cm³/mol. The number of hydrogen-bond donors (Lipinski definition) is 2. The molecule has 2 amide bonds. The number of esters is 1. The van der Waals surface area contributed by atoms with Gasteiger partial charge in [0.25, 0.3) is 11.8 Å². The van der Waals surface area contributed by atoms with Gasteiger partial charge in [0, 0.05) is 5.69 Å². The van der Waals surface area contributed by atoms with E-state index in [4.69, 9.17) is 0 Å². The van der Waals surface area contributed by atoms with Crippen molar-refractivity contribution < 1.29 is 19.1 Å². The van der Waals surface area contributed by atoms with Gasteiger partial charge in [-0.25, -0.2) is 4.79 Å². The highest BCUT2D eigenvalue weighted by Gasteiger charge is 2.29. The van der Waals surface area contributed by atoms with E-state index in [-0.39, 0.29) is 0 Å². The fourth-order valence-electron chi connectivity index (χ4n) is 2.32. The summed E-state index contributed by atoms with van der Waals surface area (Å²) < 4.78 is 4.67. The Morgan fingerprint density at radius 1 is 1.09 bits per heavy atom. The third kappa shape index (κ3) is 2.31. The minimum atomic E-state index is -0.449. The summed E-state index contributed by atoms with van der Waals surface area (Å²) >= 11 is 0. The molecule has 6 heteroatoms. The number of anilines is 2. The van der Waals surface area contributed by atoms with Gasteiger partial charge in [-0.3, -0.25) is 14.9 Å². The maximum absolute atomic E-state index is 11.9. The maximum Gasteiger partial charge on any atom is 0.337 e. The molecule has 2 N–H and O–H groups in total. The minimum absolute atomic E-state index is 0.302. The summed E-state index contributed by atoms with van der Waals surface area (Å²) in [5.74, 6) is -1.30. The predicted octanol–water partition coefficient (Wildman–Crippen LogP) is 2.10. The first-order valence-corrected chi connectivity index (χ1v) is 6.54. The van der Waals surface area contributed by atoms with Crippen LogP contribution in [0.3, 0.4) is 0 Å². The summed E-state index contributed by atoms with van der Waals surface area (Å²) in [5.41, 5.74) is 2.14. The molecule has 6 nitrogen and oxygen atoms in total. The molecule has 0 bridgehead atoms. The van der Waals surface area contributed by atoms with Crippen LogP contribution in [-0.4, -0.2) is 24.9 Å². The molecule has 0 saturated carbocycles. The van der Waals surface area contributed by atoms with E-state index < -0.39 is 17.8 Å². The molecule has 0 atom stereocenters. The fraction of sp³-hybridized carbons (Fsp3) is 0.0625. The Labute approximate surface area is 126 Å². The van der Waals surface area contributed by atoms with Gasteiger partial charge in [0.2, 0.25) is 0 Å². The zero-order valence-electron chi connectivity index (χ0n) is 11.7. The minimum Gasteiger partial charge on any atom is -0.465 e. The number of methoxy groups -OCH3 is 1. The average Bonchev–Trinajstić information content (AvgIpc) is 2.82. The molecule has 1 heterocycles. The molecular formula is C16H12N2O4. The number of carbonyl (C=O) groups excluding carboxylic acids is 3. The Morgan fingerprint density at radius 3 is 2.64 bits per heavy atom. The first kappa shape index (κ1) is 13.8. The third-order valence-corrected chi connectivity index (χ3v) is 3.33. The molecule has 110 valence electrons. The summed E-state index contributed by atoms with van der Waals surface area (Å²) in [6.45, 7) is 0. The van der Waals surface area contributed by atoms with Crippen molar-refractivity contribution in [1.29, 1.82) is 0 Å². The van der Waals surface area contributed by atoms with Crippen molar-refractivity contribution in [2.45, 2.75) is 0 Å². The second kappa shape index (κ2) is 5.33. The first-order valence-electron chi connectivity index (χ1n) is 6.54. The second-order valence-corrected chi connectivity index (χ2v) is 4.71. The summed E-state index contributed by atoms with van der Waals surface area (Å²) in [7, 11) is 1.31.